The first kappa shape index (κ1) is 22.8. The average molecular weight is 498 g/mol. The lowest BCUT2D eigenvalue weighted by atomic mass is 10.1. The van der Waals surface area contributed by atoms with Crippen LogP contribution in [0.25, 0.3) is 56.1 Å². The Bertz CT molecular complexity index is 1730. The molecule has 186 valence electrons. The Hall–Kier alpha value is -4.64. The van der Waals surface area contributed by atoms with Crippen molar-refractivity contribution in [1.29, 1.82) is 0 Å². The van der Waals surface area contributed by atoms with Gasteiger partial charge in [-0.05, 0) is 50.0 Å². The number of imidazole rings is 1. The number of likely N-dealkylation sites (N-methyl/N-ethyl adjacent to an activating group) is 1. The molecule has 5 aromatic heterocycles. The van der Waals surface area contributed by atoms with E-state index in [9.17, 15) is 4.39 Å². The van der Waals surface area contributed by atoms with E-state index in [0.717, 1.165) is 28.9 Å². The highest BCUT2D eigenvalue weighted by Crippen LogP contribution is 2.33. The average Bonchev–Trinajstić information content (AvgIpc) is 3.60. The zero-order chi connectivity index (χ0) is 25.5. The van der Waals surface area contributed by atoms with Gasteiger partial charge in [0.2, 0.25) is 0 Å². The molecule has 5 heterocycles. The molecule has 2 N–H and O–H groups in total. The Balaban J connectivity index is 1.40. The van der Waals surface area contributed by atoms with Crippen molar-refractivity contribution in [2.45, 2.75) is 0 Å². The third kappa shape index (κ3) is 4.40. The van der Waals surface area contributed by atoms with E-state index in [1.807, 2.05) is 56.5 Å². The summed E-state index contributed by atoms with van der Waals surface area (Å²) < 4.78 is 22.0. The lowest BCUT2D eigenvalue weighted by Crippen LogP contribution is -2.19. The van der Waals surface area contributed by atoms with Crippen molar-refractivity contribution < 1.29 is 9.13 Å². The molecule has 1 aromatic carbocycles. The number of fused-ring (bicyclic) bond motifs is 2. The molecule has 0 unspecified atom stereocenters. The lowest BCUT2D eigenvalue weighted by molar-refractivity contribution is 0.260. The van der Waals surface area contributed by atoms with Crippen molar-refractivity contribution in [3.8, 4) is 39.7 Å². The minimum Gasteiger partial charge on any atom is -0.492 e. The summed E-state index contributed by atoms with van der Waals surface area (Å²) in [4.78, 5) is 19.3. The van der Waals surface area contributed by atoms with Crippen molar-refractivity contribution in [3.63, 3.8) is 0 Å². The van der Waals surface area contributed by atoms with Crippen molar-refractivity contribution in [2.75, 3.05) is 27.2 Å². The highest BCUT2D eigenvalue weighted by atomic mass is 19.1. The monoisotopic (exact) mass is 497 g/mol. The predicted molar refractivity (Wildman–Crippen MR) is 138 cm³/mol. The Labute approximate surface area is 211 Å². The summed E-state index contributed by atoms with van der Waals surface area (Å²) >= 11 is 0. The van der Waals surface area contributed by atoms with Gasteiger partial charge in [-0.15, -0.1) is 0 Å². The normalized spacial score (nSPS) is 11.7. The van der Waals surface area contributed by atoms with Gasteiger partial charge < -0.3 is 14.6 Å². The molecule has 6 rings (SSSR count). The number of hydrogen-bond donors (Lipinski definition) is 2. The number of nitrogens with zero attached hydrogens (tertiary/aromatic N) is 7. The third-order valence-electron chi connectivity index (χ3n) is 6.01. The molecule has 0 aliphatic heterocycles. The van der Waals surface area contributed by atoms with Crippen LogP contribution in [0.1, 0.15) is 0 Å². The van der Waals surface area contributed by atoms with E-state index in [0.29, 0.717) is 46.1 Å². The summed E-state index contributed by atoms with van der Waals surface area (Å²) in [6, 6.07) is 10.3. The van der Waals surface area contributed by atoms with Gasteiger partial charge in [0, 0.05) is 43.2 Å². The Morgan fingerprint density at radius 3 is 2.76 bits per heavy atom. The number of hydrogen-bond acceptors (Lipinski definition) is 7. The van der Waals surface area contributed by atoms with Crippen LogP contribution in [0, 0.1) is 5.82 Å². The maximum absolute atomic E-state index is 14.5. The Morgan fingerprint density at radius 2 is 1.95 bits per heavy atom. The topological polar surface area (TPSA) is 113 Å². The van der Waals surface area contributed by atoms with Crippen molar-refractivity contribution in [3.05, 3.63) is 60.8 Å². The highest BCUT2D eigenvalue weighted by Gasteiger charge is 2.18. The second-order valence-corrected chi connectivity index (χ2v) is 9.04. The second kappa shape index (κ2) is 9.10. The van der Waals surface area contributed by atoms with Crippen LogP contribution < -0.4 is 4.74 Å². The van der Waals surface area contributed by atoms with Gasteiger partial charge in [-0.1, -0.05) is 0 Å². The van der Waals surface area contributed by atoms with Gasteiger partial charge in [-0.3, -0.25) is 9.78 Å². The molecule has 10 nitrogen and oxygen atoms in total. The van der Waals surface area contributed by atoms with Gasteiger partial charge >= 0.3 is 0 Å². The molecular weight excluding hydrogens is 473 g/mol. The first-order chi connectivity index (χ1) is 17.9. The third-order valence-corrected chi connectivity index (χ3v) is 6.01. The zero-order valence-electron chi connectivity index (χ0n) is 20.5. The van der Waals surface area contributed by atoms with Gasteiger partial charge in [0.15, 0.2) is 17.2 Å². The van der Waals surface area contributed by atoms with Gasteiger partial charge in [-0.25, -0.2) is 19.3 Å². The Kier molecular flexibility index (Phi) is 5.61. The highest BCUT2D eigenvalue weighted by molar-refractivity contribution is 5.95. The minimum atomic E-state index is -0.386. The SMILES string of the molecule is CN(C)CCOc1cc(F)cc(-c2ccnc3[nH]c(-c4n[nH]c5ccc(-c6cnn(C)c6)nc45)nc23)c1. The van der Waals surface area contributed by atoms with Crippen LogP contribution in [0.5, 0.6) is 5.75 Å². The zero-order valence-corrected chi connectivity index (χ0v) is 20.5. The smallest absolute Gasteiger partial charge is 0.162 e. The fourth-order valence-corrected chi connectivity index (χ4v) is 4.18. The summed E-state index contributed by atoms with van der Waals surface area (Å²) in [5, 5.41) is 11.7. The molecule has 6 aromatic rings. The largest absolute Gasteiger partial charge is 0.492 e. The van der Waals surface area contributed by atoms with E-state index in [-0.39, 0.29) is 5.82 Å². The summed E-state index contributed by atoms with van der Waals surface area (Å²) in [6.45, 7) is 1.18. The molecule has 0 aliphatic carbocycles. The maximum atomic E-state index is 14.5. The summed E-state index contributed by atoms with van der Waals surface area (Å²) in [7, 11) is 5.78. The molecule has 0 saturated carbocycles. The van der Waals surface area contributed by atoms with Gasteiger partial charge in [0.25, 0.3) is 0 Å². The fraction of sp³-hybridized carbons (Fsp3) is 0.192. The molecule has 37 heavy (non-hydrogen) atoms. The standard InChI is InChI=1S/C26H24FN9O/c1-35(2)8-9-37-18-11-15(10-17(27)12-18)19-6-7-28-25-22(19)31-26(32-25)24-23-21(33-34-24)5-4-20(30-23)16-13-29-36(3)14-16/h4-7,10-14H,8-9H2,1-3H3,(H,33,34)(H,28,31,32). The molecule has 0 bridgehead atoms. The van der Waals surface area contributed by atoms with Crippen LogP contribution in [0.3, 0.4) is 0 Å². The van der Waals surface area contributed by atoms with Crippen LogP contribution >= 0.6 is 0 Å². The molecule has 0 radical (unpaired) electrons. The molecule has 11 heteroatoms. The number of H-pyrrole nitrogens is 2. The lowest BCUT2D eigenvalue weighted by Gasteiger charge is -2.12. The predicted octanol–water partition coefficient (Wildman–Crippen LogP) is 4.04. The van der Waals surface area contributed by atoms with Gasteiger partial charge in [0.05, 0.1) is 17.4 Å². The maximum Gasteiger partial charge on any atom is 0.162 e. The van der Waals surface area contributed by atoms with E-state index < -0.39 is 0 Å². The number of pyridine rings is 2. The first-order valence-corrected chi connectivity index (χ1v) is 11.7. The number of rotatable bonds is 7. The van der Waals surface area contributed by atoms with Crippen molar-refractivity contribution in [1.82, 2.24) is 44.8 Å². The summed E-state index contributed by atoms with van der Waals surface area (Å²) in [5.41, 5.74) is 6.23. The number of ether oxygens (including phenoxy) is 1. The molecular formula is C26H24FN9O. The number of benzene rings is 1. The van der Waals surface area contributed by atoms with Crippen LogP contribution in [0.15, 0.2) is 55.0 Å². The number of aromatic nitrogens is 8. The molecule has 0 saturated heterocycles. The second-order valence-electron chi connectivity index (χ2n) is 9.04. The van der Waals surface area contributed by atoms with E-state index >= 15 is 0 Å². The van der Waals surface area contributed by atoms with Crippen molar-refractivity contribution >= 4 is 22.2 Å². The van der Waals surface area contributed by atoms with E-state index in [1.165, 1.54) is 12.1 Å². The van der Waals surface area contributed by atoms with Crippen LogP contribution in [-0.2, 0) is 7.05 Å². The molecule has 0 atom stereocenters. The van der Waals surface area contributed by atoms with E-state index in [1.54, 1.807) is 17.1 Å². The molecule has 0 aliphatic rings. The number of aryl methyl sites for hydroxylation is 1. The quantitative estimate of drug-likeness (QED) is 0.342. The summed E-state index contributed by atoms with van der Waals surface area (Å²) in [5.74, 6) is 0.586. The first-order valence-electron chi connectivity index (χ1n) is 11.7. The van der Waals surface area contributed by atoms with E-state index in [4.69, 9.17) is 14.7 Å². The molecule has 0 fully saturated rings. The van der Waals surface area contributed by atoms with Crippen molar-refractivity contribution in [2.24, 2.45) is 7.05 Å². The molecule has 0 amide bonds. The molecule has 0 spiro atoms. The van der Waals surface area contributed by atoms with Crippen LogP contribution in [0.2, 0.25) is 0 Å². The van der Waals surface area contributed by atoms with Gasteiger partial charge in [0.1, 0.15) is 29.2 Å². The van der Waals surface area contributed by atoms with E-state index in [2.05, 4.69) is 25.3 Å². The van der Waals surface area contributed by atoms with Gasteiger partial charge in [-0.2, -0.15) is 10.2 Å². The number of aromatic amines is 2. The number of nitrogens with one attached hydrogen (secondary N) is 2. The number of halogens is 1. The minimum absolute atomic E-state index is 0.386. The summed E-state index contributed by atoms with van der Waals surface area (Å²) in [6.07, 6.45) is 5.34. The Morgan fingerprint density at radius 1 is 1.05 bits per heavy atom. The van der Waals surface area contributed by atoms with Crippen LogP contribution in [0.4, 0.5) is 4.39 Å². The van der Waals surface area contributed by atoms with Crippen LogP contribution in [-0.4, -0.2) is 72.1 Å². The fourth-order valence-electron chi connectivity index (χ4n) is 4.18.